The summed E-state index contributed by atoms with van der Waals surface area (Å²) >= 11 is 0. The number of hydrogen-bond acceptors (Lipinski definition) is 4. The highest BCUT2D eigenvalue weighted by molar-refractivity contribution is 5.83. The topological polar surface area (TPSA) is 80.3 Å². The van der Waals surface area contributed by atoms with Crippen molar-refractivity contribution in [1.29, 1.82) is 0 Å². The summed E-state index contributed by atoms with van der Waals surface area (Å²) in [6, 6.07) is 23.3. The first-order valence-corrected chi connectivity index (χ1v) is 10.2. The van der Waals surface area contributed by atoms with Gasteiger partial charge in [0.05, 0.1) is 6.10 Å². The van der Waals surface area contributed by atoms with Gasteiger partial charge in [-0.25, -0.2) is 0 Å². The summed E-state index contributed by atoms with van der Waals surface area (Å²) in [6.45, 7) is 1.91. The molecule has 1 aromatic heterocycles. The molecule has 0 bridgehead atoms. The van der Waals surface area contributed by atoms with Gasteiger partial charge in [-0.15, -0.1) is 0 Å². The zero-order chi connectivity index (χ0) is 20.8. The molecule has 0 aliphatic rings. The molecular formula is C25H27N3O2. The largest absolute Gasteiger partial charge is 0.508 e. The Labute approximate surface area is 176 Å². The normalized spacial score (nSPS) is 12.2. The Morgan fingerprint density at radius 2 is 1.80 bits per heavy atom. The fourth-order valence-electron chi connectivity index (χ4n) is 3.64. The zero-order valence-electron chi connectivity index (χ0n) is 16.8. The predicted octanol–water partition coefficient (Wildman–Crippen LogP) is 4.35. The maximum absolute atomic E-state index is 10.6. The smallest absolute Gasteiger partial charge is 0.115 e. The molecule has 0 aliphatic carbocycles. The highest BCUT2D eigenvalue weighted by atomic mass is 16.3. The van der Waals surface area contributed by atoms with Crippen LogP contribution in [0.15, 0.2) is 79.0 Å². The van der Waals surface area contributed by atoms with E-state index in [4.69, 9.17) is 0 Å². The second-order valence-corrected chi connectivity index (χ2v) is 7.48. The molecule has 0 radical (unpaired) electrons. The molecule has 0 unspecified atom stereocenters. The van der Waals surface area contributed by atoms with Crippen LogP contribution < -0.4 is 10.6 Å². The fourth-order valence-corrected chi connectivity index (χ4v) is 3.64. The number of H-pyrrole nitrogens is 1. The summed E-state index contributed by atoms with van der Waals surface area (Å²) in [6.07, 6.45) is 2.39. The summed E-state index contributed by atoms with van der Waals surface area (Å²) < 4.78 is 0. The number of aromatic hydroxyl groups is 1. The van der Waals surface area contributed by atoms with Crippen molar-refractivity contribution >= 4 is 16.6 Å². The van der Waals surface area contributed by atoms with Gasteiger partial charge in [0.1, 0.15) is 5.75 Å². The Kier molecular flexibility index (Phi) is 6.32. The van der Waals surface area contributed by atoms with Gasteiger partial charge in [-0.3, -0.25) is 0 Å². The molecule has 30 heavy (non-hydrogen) atoms. The molecule has 5 heteroatoms. The molecule has 154 valence electrons. The minimum Gasteiger partial charge on any atom is -0.508 e. The Balaban J connectivity index is 1.27. The van der Waals surface area contributed by atoms with E-state index in [1.165, 1.54) is 10.9 Å². The first kappa shape index (κ1) is 20.0. The minimum atomic E-state index is -0.574. The van der Waals surface area contributed by atoms with E-state index in [-0.39, 0.29) is 5.75 Å². The summed E-state index contributed by atoms with van der Waals surface area (Å²) in [5.41, 5.74) is 5.25. The molecule has 0 saturated heterocycles. The minimum absolute atomic E-state index is 0.261. The van der Waals surface area contributed by atoms with Crippen molar-refractivity contribution in [3.05, 3.63) is 95.7 Å². The Hall–Kier alpha value is -3.28. The third kappa shape index (κ3) is 5.00. The summed E-state index contributed by atoms with van der Waals surface area (Å²) in [5.74, 6) is 0.261. The number of benzene rings is 3. The number of para-hydroxylation sites is 1. The number of phenols is 1. The van der Waals surface area contributed by atoms with Crippen LogP contribution in [-0.4, -0.2) is 28.3 Å². The number of anilines is 1. The molecule has 5 N–H and O–H groups in total. The van der Waals surface area contributed by atoms with Crippen LogP contribution in [0.2, 0.25) is 0 Å². The summed E-state index contributed by atoms with van der Waals surface area (Å²) in [5, 5.41) is 28.1. The van der Waals surface area contributed by atoms with E-state index >= 15 is 0 Å². The van der Waals surface area contributed by atoms with Crippen LogP contribution >= 0.6 is 0 Å². The van der Waals surface area contributed by atoms with E-state index in [1.54, 1.807) is 12.1 Å². The average molecular weight is 402 g/mol. The number of aliphatic hydroxyl groups excluding tert-OH is 1. The first-order chi connectivity index (χ1) is 14.7. The number of aromatic nitrogens is 1. The third-order valence-electron chi connectivity index (χ3n) is 5.26. The molecule has 0 fully saturated rings. The molecule has 0 aliphatic heterocycles. The molecule has 3 aromatic carbocycles. The standard InChI is InChI=1S/C25H27N3O2/c29-22-8-3-5-18(13-22)15-27-21-7-4-6-19(14-21)25(30)17-26-12-11-20-16-28-24-10-2-1-9-23(20)24/h1-10,13-14,16,25-30H,11-12,15,17H2/t25-/m0/s1. The molecule has 0 spiro atoms. The van der Waals surface area contributed by atoms with Gasteiger partial charge in [0, 0.05) is 35.9 Å². The quantitative estimate of drug-likeness (QED) is 0.270. The van der Waals surface area contributed by atoms with Crippen LogP contribution in [0.5, 0.6) is 5.75 Å². The van der Waals surface area contributed by atoms with Crippen LogP contribution in [0.3, 0.4) is 0 Å². The highest BCUT2D eigenvalue weighted by Gasteiger charge is 2.09. The molecule has 5 nitrogen and oxygen atoms in total. The van der Waals surface area contributed by atoms with Crippen molar-refractivity contribution in [3.8, 4) is 5.75 Å². The Bertz CT molecular complexity index is 1110. The van der Waals surface area contributed by atoms with Crippen LogP contribution in [0.25, 0.3) is 10.9 Å². The lowest BCUT2D eigenvalue weighted by Crippen LogP contribution is -2.23. The van der Waals surface area contributed by atoms with Crippen molar-refractivity contribution in [1.82, 2.24) is 10.3 Å². The number of aliphatic hydroxyl groups is 1. The molecule has 0 saturated carbocycles. The van der Waals surface area contributed by atoms with Gasteiger partial charge in [-0.1, -0.05) is 42.5 Å². The van der Waals surface area contributed by atoms with E-state index in [2.05, 4.69) is 40.0 Å². The number of phenolic OH excluding ortho intramolecular Hbond substituents is 1. The maximum atomic E-state index is 10.6. The second-order valence-electron chi connectivity index (χ2n) is 7.48. The predicted molar refractivity (Wildman–Crippen MR) is 122 cm³/mol. The van der Waals surface area contributed by atoms with Crippen molar-refractivity contribution in [2.75, 3.05) is 18.4 Å². The van der Waals surface area contributed by atoms with Crippen LogP contribution in [0.1, 0.15) is 22.8 Å². The average Bonchev–Trinajstić information content (AvgIpc) is 3.18. The molecule has 0 amide bonds. The SMILES string of the molecule is Oc1cccc(CNc2cccc([C@@H](O)CNCCc3c[nH]c4ccccc34)c2)c1. The Morgan fingerprint density at radius 3 is 2.70 bits per heavy atom. The molecule has 1 heterocycles. The van der Waals surface area contributed by atoms with Crippen molar-refractivity contribution in [2.24, 2.45) is 0 Å². The number of fused-ring (bicyclic) bond motifs is 1. The van der Waals surface area contributed by atoms with E-state index in [0.29, 0.717) is 13.1 Å². The van der Waals surface area contributed by atoms with Gasteiger partial charge in [0.2, 0.25) is 0 Å². The van der Waals surface area contributed by atoms with Gasteiger partial charge >= 0.3 is 0 Å². The van der Waals surface area contributed by atoms with Crippen LogP contribution in [0.4, 0.5) is 5.69 Å². The monoisotopic (exact) mass is 401 g/mol. The van der Waals surface area contributed by atoms with Crippen molar-refractivity contribution in [3.63, 3.8) is 0 Å². The highest BCUT2D eigenvalue weighted by Crippen LogP contribution is 2.20. The van der Waals surface area contributed by atoms with Crippen molar-refractivity contribution in [2.45, 2.75) is 19.1 Å². The lowest BCUT2D eigenvalue weighted by molar-refractivity contribution is 0.175. The van der Waals surface area contributed by atoms with Gasteiger partial charge in [0.25, 0.3) is 0 Å². The zero-order valence-corrected chi connectivity index (χ0v) is 16.8. The van der Waals surface area contributed by atoms with E-state index in [1.807, 2.05) is 42.5 Å². The lowest BCUT2D eigenvalue weighted by Gasteiger charge is -2.14. The summed E-state index contributed by atoms with van der Waals surface area (Å²) in [4.78, 5) is 3.30. The first-order valence-electron chi connectivity index (χ1n) is 10.2. The number of aromatic amines is 1. The van der Waals surface area contributed by atoms with E-state index < -0.39 is 6.10 Å². The molecular weight excluding hydrogens is 374 g/mol. The molecule has 1 atom stereocenters. The van der Waals surface area contributed by atoms with Crippen LogP contribution in [0, 0.1) is 0 Å². The van der Waals surface area contributed by atoms with E-state index in [9.17, 15) is 10.2 Å². The fraction of sp³-hybridized carbons (Fsp3) is 0.200. The van der Waals surface area contributed by atoms with Crippen molar-refractivity contribution < 1.29 is 10.2 Å². The van der Waals surface area contributed by atoms with Gasteiger partial charge in [0.15, 0.2) is 0 Å². The van der Waals surface area contributed by atoms with Gasteiger partial charge < -0.3 is 25.8 Å². The maximum Gasteiger partial charge on any atom is 0.115 e. The third-order valence-corrected chi connectivity index (χ3v) is 5.26. The van der Waals surface area contributed by atoms with Crippen LogP contribution in [-0.2, 0) is 13.0 Å². The lowest BCUT2D eigenvalue weighted by atomic mass is 10.1. The van der Waals surface area contributed by atoms with Gasteiger partial charge in [-0.2, -0.15) is 0 Å². The number of rotatable bonds is 9. The Morgan fingerprint density at radius 1 is 0.933 bits per heavy atom. The van der Waals surface area contributed by atoms with E-state index in [0.717, 1.165) is 35.3 Å². The van der Waals surface area contributed by atoms with Gasteiger partial charge in [-0.05, 0) is 60.0 Å². The number of hydrogen-bond donors (Lipinski definition) is 5. The number of nitrogens with one attached hydrogen (secondary N) is 3. The summed E-state index contributed by atoms with van der Waals surface area (Å²) in [7, 11) is 0. The second kappa shape index (κ2) is 9.48. The molecule has 4 rings (SSSR count). The molecule has 4 aromatic rings.